The average Bonchev–Trinajstić information content (AvgIpc) is 2.99. The van der Waals surface area contributed by atoms with Crippen molar-refractivity contribution in [2.45, 2.75) is 0 Å². The Hall–Kier alpha value is -2.23. The van der Waals surface area contributed by atoms with Gasteiger partial charge in [-0.25, -0.2) is 4.98 Å². The van der Waals surface area contributed by atoms with E-state index in [-0.39, 0.29) is 0 Å². The van der Waals surface area contributed by atoms with E-state index in [0.29, 0.717) is 6.61 Å². The van der Waals surface area contributed by atoms with Crippen LogP contribution < -0.4 is 4.90 Å². The zero-order chi connectivity index (χ0) is 13.4. The van der Waals surface area contributed by atoms with Crippen molar-refractivity contribution in [2.75, 3.05) is 25.6 Å². The lowest BCUT2D eigenvalue weighted by atomic mass is 10.1. The van der Waals surface area contributed by atoms with Gasteiger partial charge in [0.1, 0.15) is 18.2 Å². The molecule has 0 saturated heterocycles. The molecule has 0 aromatic carbocycles. The third-order valence-corrected chi connectivity index (χ3v) is 3.26. The van der Waals surface area contributed by atoms with Crippen LogP contribution in [0.2, 0.25) is 0 Å². The van der Waals surface area contributed by atoms with Gasteiger partial charge in [-0.1, -0.05) is 0 Å². The highest BCUT2D eigenvalue weighted by Gasteiger charge is 2.13. The smallest absolute Gasteiger partial charge is 0.138 e. The molecule has 19 heavy (non-hydrogen) atoms. The third kappa shape index (κ3) is 1.99. The minimum Gasteiger partial charge on any atom is -0.490 e. The lowest BCUT2D eigenvalue weighted by Gasteiger charge is -2.13. The third-order valence-electron chi connectivity index (χ3n) is 3.26. The first-order valence-electron chi connectivity index (χ1n) is 6.29. The molecule has 0 aliphatic carbocycles. The Labute approximate surface area is 112 Å². The second-order valence-corrected chi connectivity index (χ2v) is 4.88. The molecule has 0 saturated carbocycles. The van der Waals surface area contributed by atoms with E-state index in [1.54, 1.807) is 0 Å². The molecule has 0 amide bonds. The number of aryl methyl sites for hydroxylation is 1. The number of nitrogens with zero attached hydrogens (tertiary/aromatic N) is 3. The highest BCUT2D eigenvalue weighted by atomic mass is 16.5. The van der Waals surface area contributed by atoms with Crippen molar-refractivity contribution in [3.63, 3.8) is 0 Å². The molecule has 3 heterocycles. The van der Waals surface area contributed by atoms with Crippen LogP contribution in [0.15, 0.2) is 36.4 Å². The topological polar surface area (TPSA) is 30.3 Å². The van der Waals surface area contributed by atoms with Crippen LogP contribution in [0.3, 0.4) is 0 Å². The van der Waals surface area contributed by atoms with Crippen molar-refractivity contribution in [1.82, 2.24) is 9.55 Å². The number of anilines is 1. The van der Waals surface area contributed by atoms with E-state index in [9.17, 15) is 0 Å². The predicted molar refractivity (Wildman–Crippen MR) is 78.1 cm³/mol. The molecular weight excluding hydrogens is 238 g/mol. The molecule has 0 bridgehead atoms. The highest BCUT2D eigenvalue weighted by Crippen LogP contribution is 2.30. The number of allylic oxidation sites excluding steroid dienone is 1. The maximum Gasteiger partial charge on any atom is 0.138 e. The summed E-state index contributed by atoms with van der Waals surface area (Å²) in [4.78, 5) is 6.52. The van der Waals surface area contributed by atoms with Crippen LogP contribution in [0.1, 0.15) is 5.56 Å². The van der Waals surface area contributed by atoms with Gasteiger partial charge < -0.3 is 14.2 Å². The quantitative estimate of drug-likeness (QED) is 0.826. The maximum absolute atomic E-state index is 5.52. The second kappa shape index (κ2) is 4.46. The number of hydrogen-bond acceptors (Lipinski definition) is 3. The lowest BCUT2D eigenvalue weighted by Crippen LogP contribution is -2.11. The Morgan fingerprint density at radius 3 is 2.95 bits per heavy atom. The van der Waals surface area contributed by atoms with Gasteiger partial charge in [0.05, 0.1) is 5.52 Å². The minimum absolute atomic E-state index is 0.662. The summed E-state index contributed by atoms with van der Waals surface area (Å²) < 4.78 is 7.64. The summed E-state index contributed by atoms with van der Waals surface area (Å²) in [7, 11) is 6.07. The number of fused-ring (bicyclic) bond motifs is 1. The number of rotatable bonds is 2. The van der Waals surface area contributed by atoms with Crippen LogP contribution >= 0.6 is 0 Å². The molecule has 98 valence electrons. The Bertz CT molecular complexity index is 680. The molecule has 4 heteroatoms. The van der Waals surface area contributed by atoms with E-state index in [2.05, 4.69) is 28.9 Å². The van der Waals surface area contributed by atoms with Crippen molar-refractivity contribution < 1.29 is 4.74 Å². The fourth-order valence-corrected chi connectivity index (χ4v) is 2.40. The fourth-order valence-electron chi connectivity index (χ4n) is 2.40. The van der Waals surface area contributed by atoms with E-state index < -0.39 is 0 Å². The number of aromatic nitrogens is 2. The van der Waals surface area contributed by atoms with Crippen molar-refractivity contribution in [1.29, 1.82) is 0 Å². The van der Waals surface area contributed by atoms with Crippen molar-refractivity contribution >= 4 is 22.8 Å². The second-order valence-electron chi connectivity index (χ2n) is 4.88. The summed E-state index contributed by atoms with van der Waals surface area (Å²) in [5.41, 5.74) is 2.31. The molecule has 0 atom stereocenters. The van der Waals surface area contributed by atoms with E-state index >= 15 is 0 Å². The first-order chi connectivity index (χ1) is 9.16. The van der Waals surface area contributed by atoms with Crippen molar-refractivity contribution in [2.24, 2.45) is 7.05 Å². The minimum atomic E-state index is 0.662. The van der Waals surface area contributed by atoms with Gasteiger partial charge in [0.2, 0.25) is 0 Å². The summed E-state index contributed by atoms with van der Waals surface area (Å²) in [6.07, 6.45) is 10.1. The van der Waals surface area contributed by atoms with Gasteiger partial charge >= 0.3 is 0 Å². The molecule has 0 spiro atoms. The largest absolute Gasteiger partial charge is 0.490 e. The van der Waals surface area contributed by atoms with Gasteiger partial charge in [-0.15, -0.1) is 0 Å². The van der Waals surface area contributed by atoms with Crippen LogP contribution in [-0.2, 0) is 11.8 Å². The molecule has 1 aliphatic heterocycles. The predicted octanol–water partition coefficient (Wildman–Crippen LogP) is 2.57. The first-order valence-corrected chi connectivity index (χ1v) is 6.29. The number of ether oxygens (including phenoxy) is 1. The van der Waals surface area contributed by atoms with Crippen LogP contribution in [0, 0.1) is 0 Å². The van der Waals surface area contributed by atoms with Crippen molar-refractivity contribution in [3.05, 3.63) is 41.9 Å². The van der Waals surface area contributed by atoms with Gasteiger partial charge in [-0.3, -0.25) is 0 Å². The Kier molecular flexibility index (Phi) is 2.78. The molecule has 2 aromatic heterocycles. The molecular formula is C15H17N3O. The van der Waals surface area contributed by atoms with Gasteiger partial charge in [-0.2, -0.15) is 0 Å². The summed E-state index contributed by atoms with van der Waals surface area (Å²) in [5.74, 6) is 1.88. The molecule has 0 unspecified atom stereocenters. The normalized spacial score (nSPS) is 16.3. The van der Waals surface area contributed by atoms with E-state index in [1.165, 1.54) is 5.52 Å². The van der Waals surface area contributed by atoms with Gasteiger partial charge in [-0.05, 0) is 24.3 Å². The molecule has 2 aromatic rings. The van der Waals surface area contributed by atoms with Crippen LogP contribution in [-0.4, -0.2) is 30.3 Å². The zero-order valence-corrected chi connectivity index (χ0v) is 11.4. The van der Waals surface area contributed by atoms with Gasteiger partial charge in [0, 0.05) is 44.5 Å². The van der Waals surface area contributed by atoms with Crippen molar-refractivity contribution in [3.8, 4) is 0 Å². The zero-order valence-electron chi connectivity index (χ0n) is 11.4. The fraction of sp³-hybridized carbons (Fsp3) is 0.267. The van der Waals surface area contributed by atoms with Crippen LogP contribution in [0.4, 0.5) is 5.82 Å². The standard InChI is InChI=1S/C15H17N3O/c1-17(2)15-14-11(9-12-5-4-8-19-12)10-18(3)13(14)6-7-16-15/h4-7,9-10H,8H2,1-3H3/b12-9+. The summed E-state index contributed by atoms with van der Waals surface area (Å²) in [6, 6.07) is 2.04. The average molecular weight is 255 g/mol. The molecule has 4 nitrogen and oxygen atoms in total. The SMILES string of the molecule is CN(C)c1nccc2c1c(/C=C1\C=CCO1)cn2C. The Morgan fingerprint density at radius 1 is 1.42 bits per heavy atom. The van der Waals surface area contributed by atoms with Crippen LogP contribution in [0.25, 0.3) is 17.0 Å². The molecule has 3 rings (SSSR count). The Morgan fingerprint density at radius 2 is 2.26 bits per heavy atom. The molecule has 0 fully saturated rings. The van der Waals surface area contributed by atoms with E-state index in [4.69, 9.17) is 4.74 Å². The van der Waals surface area contributed by atoms with E-state index in [1.807, 2.05) is 43.4 Å². The molecule has 0 radical (unpaired) electrons. The van der Waals surface area contributed by atoms with Gasteiger partial charge in [0.15, 0.2) is 0 Å². The molecule has 0 N–H and O–H groups in total. The monoisotopic (exact) mass is 255 g/mol. The lowest BCUT2D eigenvalue weighted by molar-refractivity contribution is 0.282. The summed E-state index contributed by atoms with van der Waals surface area (Å²) in [5, 5.41) is 1.16. The summed E-state index contributed by atoms with van der Waals surface area (Å²) >= 11 is 0. The maximum atomic E-state index is 5.52. The number of pyridine rings is 1. The first kappa shape index (κ1) is 11.8. The van der Waals surface area contributed by atoms with Gasteiger partial charge in [0.25, 0.3) is 0 Å². The Balaban J connectivity index is 2.24. The highest BCUT2D eigenvalue weighted by molar-refractivity contribution is 5.98. The number of hydrogen-bond donors (Lipinski definition) is 0. The molecule has 1 aliphatic rings. The van der Waals surface area contributed by atoms with E-state index in [0.717, 1.165) is 22.5 Å². The van der Waals surface area contributed by atoms with Crippen LogP contribution in [0.5, 0.6) is 0 Å². The summed E-state index contributed by atoms with van der Waals surface area (Å²) in [6.45, 7) is 0.662.